The fraction of sp³-hybridized carbons (Fsp3) is 0.333. The largest absolute Gasteiger partial charge is 0.369 e. The highest BCUT2D eigenvalue weighted by atomic mass is 32.1. The first-order valence-corrected chi connectivity index (χ1v) is 9.11. The summed E-state index contributed by atoms with van der Waals surface area (Å²) in [4.78, 5) is 9.32. The molecule has 2 aromatic heterocycles. The molecule has 0 unspecified atom stereocenters. The topological polar surface area (TPSA) is 45.4 Å². The van der Waals surface area contributed by atoms with Gasteiger partial charge in [-0.2, -0.15) is 16.3 Å². The third-order valence-corrected chi connectivity index (χ3v) is 5.03. The van der Waals surface area contributed by atoms with Crippen LogP contribution in [-0.4, -0.2) is 41.2 Å². The number of hydrogen-bond acceptors (Lipinski definition) is 6. The average molecular weight is 340 g/mol. The van der Waals surface area contributed by atoms with E-state index in [4.69, 9.17) is 4.52 Å². The van der Waals surface area contributed by atoms with E-state index in [1.165, 1.54) is 11.3 Å². The van der Waals surface area contributed by atoms with Gasteiger partial charge in [0.25, 0.3) is 0 Å². The predicted molar refractivity (Wildman–Crippen MR) is 96.3 cm³/mol. The number of nitrogens with zero attached hydrogens (tertiary/aromatic N) is 4. The summed E-state index contributed by atoms with van der Waals surface area (Å²) < 4.78 is 5.41. The van der Waals surface area contributed by atoms with Crippen molar-refractivity contribution in [1.29, 1.82) is 0 Å². The minimum atomic E-state index is 0.685. The normalized spacial score (nSPS) is 15.8. The number of benzene rings is 1. The zero-order valence-corrected chi connectivity index (χ0v) is 14.5. The van der Waals surface area contributed by atoms with Crippen molar-refractivity contribution in [2.24, 2.45) is 0 Å². The van der Waals surface area contributed by atoms with Crippen molar-refractivity contribution in [3.63, 3.8) is 0 Å². The molecular formula is C18H20N4OS. The lowest BCUT2D eigenvalue weighted by molar-refractivity contribution is 0.215. The van der Waals surface area contributed by atoms with Crippen molar-refractivity contribution in [2.45, 2.75) is 13.5 Å². The van der Waals surface area contributed by atoms with Crippen molar-refractivity contribution in [2.75, 3.05) is 31.1 Å². The Labute approximate surface area is 145 Å². The molecule has 0 saturated carbocycles. The van der Waals surface area contributed by atoms with Gasteiger partial charge in [0.05, 0.1) is 6.54 Å². The summed E-state index contributed by atoms with van der Waals surface area (Å²) in [7, 11) is 0. The molecule has 1 fully saturated rings. The first-order chi connectivity index (χ1) is 11.8. The second kappa shape index (κ2) is 6.75. The molecule has 0 N–H and O–H groups in total. The third-order valence-electron chi connectivity index (χ3n) is 4.35. The zero-order chi connectivity index (χ0) is 16.4. The van der Waals surface area contributed by atoms with Crippen LogP contribution in [0.25, 0.3) is 11.4 Å². The molecule has 0 bridgehead atoms. The van der Waals surface area contributed by atoms with Gasteiger partial charge in [-0.15, -0.1) is 0 Å². The van der Waals surface area contributed by atoms with E-state index < -0.39 is 0 Å². The van der Waals surface area contributed by atoms with Crippen LogP contribution in [0.15, 0.2) is 45.6 Å². The first kappa shape index (κ1) is 15.4. The van der Waals surface area contributed by atoms with Crippen molar-refractivity contribution in [3.05, 3.63) is 52.5 Å². The maximum absolute atomic E-state index is 5.41. The monoisotopic (exact) mass is 340 g/mol. The maximum Gasteiger partial charge on any atom is 0.241 e. The van der Waals surface area contributed by atoms with Gasteiger partial charge >= 0.3 is 0 Å². The van der Waals surface area contributed by atoms with Crippen LogP contribution in [0.4, 0.5) is 5.69 Å². The SMILES string of the molecule is Cc1cccc(N2CCN(Cc3nc(-c4ccsc4)no3)CC2)c1. The molecule has 3 heterocycles. The number of anilines is 1. The summed E-state index contributed by atoms with van der Waals surface area (Å²) in [5, 5.41) is 8.14. The third kappa shape index (κ3) is 3.34. The quantitative estimate of drug-likeness (QED) is 0.728. The summed E-state index contributed by atoms with van der Waals surface area (Å²) in [6.07, 6.45) is 0. The van der Waals surface area contributed by atoms with Crippen LogP contribution >= 0.6 is 11.3 Å². The molecule has 1 aliphatic heterocycles. The zero-order valence-electron chi connectivity index (χ0n) is 13.7. The molecule has 0 radical (unpaired) electrons. The van der Waals surface area contributed by atoms with Gasteiger partial charge in [-0.05, 0) is 36.1 Å². The Kier molecular flexibility index (Phi) is 4.32. The summed E-state index contributed by atoms with van der Waals surface area (Å²) >= 11 is 1.64. The molecule has 6 heteroatoms. The van der Waals surface area contributed by atoms with E-state index in [0.29, 0.717) is 11.7 Å². The van der Waals surface area contributed by atoms with Crippen LogP contribution in [0.5, 0.6) is 0 Å². The Balaban J connectivity index is 1.35. The van der Waals surface area contributed by atoms with Gasteiger partial charge in [-0.3, -0.25) is 4.90 Å². The predicted octanol–water partition coefficient (Wildman–Crippen LogP) is 3.43. The van der Waals surface area contributed by atoms with Crippen molar-refractivity contribution < 1.29 is 4.52 Å². The van der Waals surface area contributed by atoms with Gasteiger partial charge in [0, 0.05) is 42.8 Å². The molecule has 1 saturated heterocycles. The van der Waals surface area contributed by atoms with E-state index in [1.54, 1.807) is 11.3 Å². The van der Waals surface area contributed by atoms with Crippen LogP contribution in [0.3, 0.4) is 0 Å². The Morgan fingerprint density at radius 3 is 2.79 bits per heavy atom. The molecule has 24 heavy (non-hydrogen) atoms. The molecule has 3 aromatic rings. The Bertz CT molecular complexity index is 791. The number of hydrogen-bond donors (Lipinski definition) is 0. The summed E-state index contributed by atoms with van der Waals surface area (Å²) in [6.45, 7) is 6.91. The molecule has 4 rings (SSSR count). The van der Waals surface area contributed by atoms with E-state index in [9.17, 15) is 0 Å². The highest BCUT2D eigenvalue weighted by Crippen LogP contribution is 2.21. The lowest BCUT2D eigenvalue weighted by Crippen LogP contribution is -2.46. The lowest BCUT2D eigenvalue weighted by Gasteiger charge is -2.35. The Morgan fingerprint density at radius 1 is 1.17 bits per heavy atom. The minimum Gasteiger partial charge on any atom is -0.369 e. The van der Waals surface area contributed by atoms with Crippen LogP contribution in [0.2, 0.25) is 0 Å². The molecule has 1 aliphatic rings. The highest BCUT2D eigenvalue weighted by molar-refractivity contribution is 7.08. The van der Waals surface area contributed by atoms with E-state index in [2.05, 4.69) is 51.1 Å². The van der Waals surface area contributed by atoms with Crippen LogP contribution in [-0.2, 0) is 6.54 Å². The molecule has 124 valence electrons. The molecule has 0 spiro atoms. The Morgan fingerprint density at radius 2 is 2.04 bits per heavy atom. The number of thiophene rings is 1. The van der Waals surface area contributed by atoms with E-state index in [1.807, 2.05) is 16.8 Å². The van der Waals surface area contributed by atoms with Gasteiger partial charge in [-0.25, -0.2) is 0 Å². The summed E-state index contributed by atoms with van der Waals surface area (Å²) in [5.41, 5.74) is 3.65. The Hall–Kier alpha value is -2.18. The molecule has 1 aromatic carbocycles. The van der Waals surface area contributed by atoms with Crippen molar-refractivity contribution >= 4 is 17.0 Å². The number of aryl methyl sites for hydroxylation is 1. The summed E-state index contributed by atoms with van der Waals surface area (Å²) in [5.74, 6) is 1.38. The van der Waals surface area contributed by atoms with E-state index in [-0.39, 0.29) is 0 Å². The maximum atomic E-state index is 5.41. The van der Waals surface area contributed by atoms with Crippen LogP contribution in [0, 0.1) is 6.92 Å². The molecule has 0 atom stereocenters. The van der Waals surface area contributed by atoms with Crippen molar-refractivity contribution in [3.8, 4) is 11.4 Å². The van der Waals surface area contributed by atoms with Crippen LogP contribution < -0.4 is 4.90 Å². The number of aromatic nitrogens is 2. The standard InChI is InChI=1S/C18H20N4OS/c1-14-3-2-4-16(11-14)22-8-6-21(7-9-22)12-17-19-18(20-23-17)15-5-10-24-13-15/h2-5,10-11,13H,6-9,12H2,1H3. The van der Waals surface area contributed by atoms with Crippen molar-refractivity contribution in [1.82, 2.24) is 15.0 Å². The van der Waals surface area contributed by atoms with Gasteiger partial charge in [0.2, 0.25) is 11.7 Å². The van der Waals surface area contributed by atoms with E-state index in [0.717, 1.165) is 38.3 Å². The minimum absolute atomic E-state index is 0.685. The fourth-order valence-electron chi connectivity index (χ4n) is 3.01. The summed E-state index contributed by atoms with van der Waals surface area (Å²) in [6, 6.07) is 10.7. The first-order valence-electron chi connectivity index (χ1n) is 8.17. The molecule has 5 nitrogen and oxygen atoms in total. The number of piperazine rings is 1. The smallest absolute Gasteiger partial charge is 0.241 e. The molecule has 0 amide bonds. The number of rotatable bonds is 4. The van der Waals surface area contributed by atoms with Crippen LogP contribution in [0.1, 0.15) is 11.5 Å². The molecule has 0 aliphatic carbocycles. The van der Waals surface area contributed by atoms with Gasteiger partial charge in [-0.1, -0.05) is 17.3 Å². The molecular weight excluding hydrogens is 320 g/mol. The second-order valence-corrected chi connectivity index (χ2v) is 6.91. The second-order valence-electron chi connectivity index (χ2n) is 6.13. The van der Waals surface area contributed by atoms with Gasteiger partial charge in [0.15, 0.2) is 0 Å². The van der Waals surface area contributed by atoms with E-state index >= 15 is 0 Å². The highest BCUT2D eigenvalue weighted by Gasteiger charge is 2.19. The van der Waals surface area contributed by atoms with Gasteiger partial charge < -0.3 is 9.42 Å². The van der Waals surface area contributed by atoms with Gasteiger partial charge in [0.1, 0.15) is 0 Å². The average Bonchev–Trinajstić information content (AvgIpc) is 3.27. The fourth-order valence-corrected chi connectivity index (χ4v) is 3.64. The lowest BCUT2D eigenvalue weighted by atomic mass is 10.2.